The first-order valence-corrected chi connectivity index (χ1v) is 7.66. The van der Waals surface area contributed by atoms with Crippen LogP contribution in [0.5, 0.6) is 5.75 Å². The minimum absolute atomic E-state index is 0.122. The zero-order valence-electron chi connectivity index (χ0n) is 12.3. The van der Waals surface area contributed by atoms with Crippen molar-refractivity contribution in [3.05, 3.63) is 55.5 Å². The molecular formula is C14H6BrClF3N2O5-. The highest BCUT2D eigenvalue weighted by molar-refractivity contribution is 9.10. The molecule has 12 heteroatoms. The van der Waals surface area contributed by atoms with Crippen molar-refractivity contribution in [1.29, 1.82) is 0 Å². The van der Waals surface area contributed by atoms with Crippen molar-refractivity contribution in [1.82, 2.24) is 0 Å². The second-order valence-corrected chi connectivity index (χ2v) is 6.00. The third-order valence-corrected chi connectivity index (χ3v) is 3.80. The molecule has 0 saturated carbocycles. The summed E-state index contributed by atoms with van der Waals surface area (Å²) < 4.78 is 40.6. The number of hydrogen-bond donors (Lipinski definition) is 1. The number of anilines is 2. The van der Waals surface area contributed by atoms with Crippen molar-refractivity contribution in [2.75, 3.05) is 5.32 Å². The number of carboxylic acids is 1. The fourth-order valence-corrected chi connectivity index (χ4v) is 2.54. The summed E-state index contributed by atoms with van der Waals surface area (Å²) in [6.45, 7) is 0. The van der Waals surface area contributed by atoms with E-state index in [0.717, 1.165) is 12.1 Å². The fourth-order valence-electron chi connectivity index (χ4n) is 1.94. The van der Waals surface area contributed by atoms with Crippen LogP contribution in [0.4, 0.5) is 30.2 Å². The summed E-state index contributed by atoms with van der Waals surface area (Å²) in [6.07, 6.45) is -5.06. The molecule has 7 nitrogen and oxygen atoms in total. The number of carboxylic acid groups (broad SMARTS) is 1. The molecule has 0 heterocycles. The maximum absolute atomic E-state index is 12.4. The van der Waals surface area contributed by atoms with Crippen LogP contribution in [0.25, 0.3) is 0 Å². The minimum atomic E-state index is -5.06. The molecule has 0 radical (unpaired) electrons. The molecule has 0 aromatic heterocycles. The summed E-state index contributed by atoms with van der Waals surface area (Å²) in [7, 11) is 0. The third-order valence-electron chi connectivity index (χ3n) is 2.94. The first-order chi connectivity index (χ1) is 12.0. The smallest absolute Gasteiger partial charge is 0.545 e. The van der Waals surface area contributed by atoms with Gasteiger partial charge in [-0.2, -0.15) is 0 Å². The molecule has 0 saturated heterocycles. The van der Waals surface area contributed by atoms with Crippen LogP contribution in [0.3, 0.4) is 0 Å². The Morgan fingerprint density at radius 2 is 1.88 bits per heavy atom. The number of hydrogen-bond acceptors (Lipinski definition) is 6. The van der Waals surface area contributed by atoms with Crippen molar-refractivity contribution in [2.45, 2.75) is 6.36 Å². The van der Waals surface area contributed by atoms with Gasteiger partial charge in [-0.3, -0.25) is 10.1 Å². The topological polar surface area (TPSA) is 105 Å². The van der Waals surface area contributed by atoms with Gasteiger partial charge in [0.15, 0.2) is 5.75 Å². The van der Waals surface area contributed by atoms with E-state index in [4.69, 9.17) is 11.6 Å². The van der Waals surface area contributed by atoms with Gasteiger partial charge in [0.1, 0.15) is 5.69 Å². The van der Waals surface area contributed by atoms with Crippen molar-refractivity contribution in [2.24, 2.45) is 0 Å². The summed E-state index contributed by atoms with van der Waals surface area (Å²) in [5, 5.41) is 24.9. The van der Waals surface area contributed by atoms with E-state index >= 15 is 0 Å². The molecule has 0 aliphatic rings. The highest BCUT2D eigenvalue weighted by atomic mass is 79.9. The summed E-state index contributed by atoms with van der Waals surface area (Å²) in [5.74, 6) is -2.41. The number of alkyl halides is 3. The number of ether oxygens (including phenoxy) is 1. The molecule has 1 N–H and O–H groups in total. The number of rotatable bonds is 5. The van der Waals surface area contributed by atoms with E-state index in [0.29, 0.717) is 6.07 Å². The molecule has 0 spiro atoms. The number of carbonyl (C=O) groups is 1. The van der Waals surface area contributed by atoms with Crippen molar-refractivity contribution < 1.29 is 32.7 Å². The molecule has 0 atom stereocenters. The van der Waals surface area contributed by atoms with E-state index in [9.17, 15) is 33.2 Å². The van der Waals surface area contributed by atoms with Gasteiger partial charge in [-0.25, -0.2) is 0 Å². The Hall–Kier alpha value is -2.53. The SMILES string of the molecule is O=C([O-])c1ccc(Cl)cc1Nc1cc(Br)c(OC(F)(F)F)cc1[N+](=O)[O-]. The molecular weight excluding hydrogens is 449 g/mol. The molecule has 2 aromatic carbocycles. The maximum Gasteiger partial charge on any atom is 0.573 e. The number of nitrogens with one attached hydrogen (secondary N) is 1. The second kappa shape index (κ2) is 7.38. The molecule has 2 aromatic rings. The Bertz CT molecular complexity index is 892. The van der Waals surface area contributed by atoms with E-state index in [1.165, 1.54) is 12.1 Å². The summed E-state index contributed by atoms with van der Waals surface area (Å²) in [5.41, 5.74) is -1.56. The molecule has 0 bridgehead atoms. The Morgan fingerprint density at radius 1 is 1.23 bits per heavy atom. The second-order valence-electron chi connectivity index (χ2n) is 4.71. The number of aromatic carboxylic acids is 1. The zero-order chi connectivity index (χ0) is 19.6. The quantitative estimate of drug-likeness (QED) is 0.541. The number of benzene rings is 2. The number of nitrogens with zero attached hydrogens (tertiary/aromatic N) is 1. The highest BCUT2D eigenvalue weighted by Gasteiger charge is 2.33. The monoisotopic (exact) mass is 453 g/mol. The van der Waals surface area contributed by atoms with Crippen LogP contribution in [-0.4, -0.2) is 17.3 Å². The standard InChI is InChI=1S/C14H7BrClF3N2O5/c15-8-4-10(11(21(24)25)5-12(8)26-14(17,18)19)20-9-3-6(16)1-2-7(9)13(22)23/h1-5,20H,(H,22,23)/p-1. The zero-order valence-corrected chi connectivity index (χ0v) is 14.6. The van der Waals surface area contributed by atoms with E-state index < -0.39 is 28.7 Å². The van der Waals surface area contributed by atoms with Gasteiger partial charge < -0.3 is 20.0 Å². The molecule has 0 unspecified atom stereocenters. The lowest BCUT2D eigenvalue weighted by Crippen LogP contribution is -2.23. The number of nitro benzene ring substituents is 1. The van der Waals surface area contributed by atoms with E-state index in [1.54, 1.807) is 0 Å². The molecule has 138 valence electrons. The third kappa shape index (κ3) is 4.76. The minimum Gasteiger partial charge on any atom is -0.545 e. The lowest BCUT2D eigenvalue weighted by atomic mass is 10.1. The molecule has 26 heavy (non-hydrogen) atoms. The van der Waals surface area contributed by atoms with Gasteiger partial charge in [0.2, 0.25) is 0 Å². The largest absolute Gasteiger partial charge is 0.573 e. The fraction of sp³-hybridized carbons (Fsp3) is 0.0714. The predicted molar refractivity (Wildman–Crippen MR) is 86.5 cm³/mol. The Balaban J connectivity index is 2.54. The number of nitro groups is 1. The average molecular weight is 455 g/mol. The summed E-state index contributed by atoms with van der Waals surface area (Å²) in [4.78, 5) is 21.4. The molecule has 0 amide bonds. The van der Waals surface area contributed by atoms with E-state index in [-0.39, 0.29) is 26.4 Å². The van der Waals surface area contributed by atoms with E-state index in [1.807, 2.05) is 0 Å². The lowest BCUT2D eigenvalue weighted by molar-refractivity contribution is -0.384. The van der Waals surface area contributed by atoms with Gasteiger partial charge in [-0.15, -0.1) is 13.2 Å². The molecule has 2 rings (SSSR count). The lowest BCUT2D eigenvalue weighted by Gasteiger charge is -2.15. The molecule has 0 aliphatic carbocycles. The summed E-state index contributed by atoms with van der Waals surface area (Å²) in [6, 6.07) is 5.04. The molecule has 0 fully saturated rings. The van der Waals surface area contributed by atoms with Gasteiger partial charge >= 0.3 is 6.36 Å². The van der Waals surface area contributed by atoms with Crippen molar-refractivity contribution >= 4 is 50.6 Å². The van der Waals surface area contributed by atoms with Crippen LogP contribution < -0.4 is 15.2 Å². The van der Waals surface area contributed by atoms with Crippen LogP contribution in [0.2, 0.25) is 5.02 Å². The first kappa shape index (κ1) is 19.8. The van der Waals surface area contributed by atoms with Crippen LogP contribution >= 0.6 is 27.5 Å². The number of halogens is 5. The van der Waals surface area contributed by atoms with Crippen LogP contribution in [-0.2, 0) is 0 Å². The van der Waals surface area contributed by atoms with Gasteiger partial charge in [0.25, 0.3) is 5.69 Å². The predicted octanol–water partition coefficient (Wildman–Crippen LogP) is 4.02. The maximum atomic E-state index is 12.4. The Labute approximate surface area is 156 Å². The van der Waals surface area contributed by atoms with Gasteiger partial charge in [-0.1, -0.05) is 11.6 Å². The van der Waals surface area contributed by atoms with Crippen LogP contribution in [0, 0.1) is 10.1 Å². The van der Waals surface area contributed by atoms with Crippen molar-refractivity contribution in [3.63, 3.8) is 0 Å². The summed E-state index contributed by atoms with van der Waals surface area (Å²) >= 11 is 8.59. The highest BCUT2D eigenvalue weighted by Crippen LogP contribution is 2.40. The Morgan fingerprint density at radius 3 is 2.42 bits per heavy atom. The van der Waals surface area contributed by atoms with Gasteiger partial charge in [-0.05, 0) is 40.2 Å². The van der Waals surface area contributed by atoms with Crippen LogP contribution in [0.1, 0.15) is 10.4 Å². The first-order valence-electron chi connectivity index (χ1n) is 6.49. The van der Waals surface area contributed by atoms with Crippen LogP contribution in [0.15, 0.2) is 34.8 Å². The van der Waals surface area contributed by atoms with E-state index in [2.05, 4.69) is 26.0 Å². The Kier molecular flexibility index (Phi) is 5.62. The van der Waals surface area contributed by atoms with Gasteiger partial charge in [0, 0.05) is 16.3 Å². The average Bonchev–Trinajstić information content (AvgIpc) is 2.48. The molecule has 0 aliphatic heterocycles. The van der Waals surface area contributed by atoms with Crippen molar-refractivity contribution in [3.8, 4) is 5.75 Å². The van der Waals surface area contributed by atoms with Gasteiger partial charge in [0.05, 0.1) is 21.4 Å². The number of carbonyl (C=O) groups excluding carboxylic acids is 1. The normalized spacial score (nSPS) is 11.1.